The Balaban J connectivity index is 2.28. The van der Waals surface area contributed by atoms with E-state index in [-0.39, 0.29) is 27.5 Å². The van der Waals surface area contributed by atoms with Gasteiger partial charge in [0.15, 0.2) is 16.6 Å². The van der Waals surface area contributed by atoms with Crippen LogP contribution in [0.4, 0.5) is 0 Å². The molecule has 0 N–H and O–H groups in total. The van der Waals surface area contributed by atoms with Crippen molar-refractivity contribution in [2.24, 2.45) is 0 Å². The number of aryl methyl sites for hydroxylation is 2. The summed E-state index contributed by atoms with van der Waals surface area (Å²) in [6.45, 7) is 5.60. The van der Waals surface area contributed by atoms with E-state index in [2.05, 4.69) is 0 Å². The molecule has 0 bridgehead atoms. The van der Waals surface area contributed by atoms with Gasteiger partial charge in [0, 0.05) is 6.07 Å². The highest BCUT2D eigenvalue weighted by Crippen LogP contribution is 2.43. The number of hydrogen-bond acceptors (Lipinski definition) is 5. The largest absolute Gasteiger partial charge is 0.481 e. The molecular formula is C22H19ClO5. The molecule has 0 saturated heterocycles. The Labute approximate surface area is 165 Å². The summed E-state index contributed by atoms with van der Waals surface area (Å²) in [7, 11) is 0. The fraction of sp³-hybridized carbons (Fsp3) is 0.273. The average Bonchev–Trinajstić information content (AvgIpc) is 2.65. The Hall–Kier alpha value is -2.79. The standard InChI is InChI=1S/C22H19ClO5/c1-4-6-12-8-9-14-19(27-12)16-13(7-5-2)18(23)22(25)28-21(16)17-15(24)10-11(3)26-20(14)17/h4,6,8-10,12H,5,7H2,1-3H3. The SMILES string of the molecule is CC=CC1C=Cc2c(c3c(CCC)c(Cl)c(=O)oc3c3c(=O)cc(C)oc23)O1. The molecule has 1 unspecified atom stereocenters. The van der Waals surface area contributed by atoms with Gasteiger partial charge in [-0.15, -0.1) is 0 Å². The summed E-state index contributed by atoms with van der Waals surface area (Å²) >= 11 is 6.31. The minimum atomic E-state index is -0.671. The van der Waals surface area contributed by atoms with Gasteiger partial charge in [-0.25, -0.2) is 4.79 Å². The predicted octanol–water partition coefficient (Wildman–Crippen LogP) is 5.16. The van der Waals surface area contributed by atoms with E-state index in [1.807, 2.05) is 38.2 Å². The summed E-state index contributed by atoms with van der Waals surface area (Å²) in [6.07, 6.45) is 8.60. The van der Waals surface area contributed by atoms with Gasteiger partial charge >= 0.3 is 5.63 Å². The Kier molecular flexibility index (Phi) is 4.63. The van der Waals surface area contributed by atoms with Crippen molar-refractivity contribution in [3.63, 3.8) is 0 Å². The number of hydrogen-bond donors (Lipinski definition) is 0. The second-order valence-electron chi connectivity index (χ2n) is 6.77. The summed E-state index contributed by atoms with van der Waals surface area (Å²) in [5, 5.41) is 0.806. The van der Waals surface area contributed by atoms with Gasteiger partial charge in [0.25, 0.3) is 0 Å². The molecule has 5 nitrogen and oxygen atoms in total. The molecule has 0 amide bonds. The molecule has 0 fully saturated rings. The van der Waals surface area contributed by atoms with E-state index >= 15 is 0 Å². The van der Waals surface area contributed by atoms with Crippen LogP contribution in [0, 0.1) is 6.92 Å². The quantitative estimate of drug-likeness (QED) is 0.346. The van der Waals surface area contributed by atoms with E-state index in [1.54, 1.807) is 6.92 Å². The monoisotopic (exact) mass is 398 g/mol. The average molecular weight is 399 g/mol. The van der Waals surface area contributed by atoms with Crippen molar-refractivity contribution in [3.8, 4) is 5.75 Å². The lowest BCUT2D eigenvalue weighted by Crippen LogP contribution is -2.17. The van der Waals surface area contributed by atoms with Gasteiger partial charge in [-0.2, -0.15) is 0 Å². The zero-order valence-corrected chi connectivity index (χ0v) is 16.6. The Morgan fingerprint density at radius 1 is 1.18 bits per heavy atom. The first-order valence-corrected chi connectivity index (χ1v) is 9.57. The van der Waals surface area contributed by atoms with Crippen LogP contribution in [0.3, 0.4) is 0 Å². The van der Waals surface area contributed by atoms with Gasteiger partial charge in [-0.1, -0.05) is 31.0 Å². The van der Waals surface area contributed by atoms with E-state index in [0.717, 1.165) is 6.42 Å². The zero-order valence-electron chi connectivity index (χ0n) is 15.8. The topological polar surface area (TPSA) is 69.7 Å². The van der Waals surface area contributed by atoms with Crippen molar-refractivity contribution >= 4 is 39.6 Å². The van der Waals surface area contributed by atoms with Crippen molar-refractivity contribution < 1.29 is 13.6 Å². The van der Waals surface area contributed by atoms with Crippen LogP contribution in [0.1, 0.15) is 37.2 Å². The molecule has 0 aliphatic carbocycles. The summed E-state index contributed by atoms with van der Waals surface area (Å²) in [5.74, 6) is 0.976. The van der Waals surface area contributed by atoms with Crippen molar-refractivity contribution in [2.75, 3.05) is 0 Å². The summed E-state index contributed by atoms with van der Waals surface area (Å²) in [5.41, 5.74) is 0.832. The number of halogens is 1. The smallest absolute Gasteiger partial charge is 0.355 e. The molecule has 144 valence electrons. The van der Waals surface area contributed by atoms with Crippen LogP contribution < -0.4 is 15.8 Å². The minimum absolute atomic E-state index is 0.0214. The highest BCUT2D eigenvalue weighted by molar-refractivity contribution is 6.32. The van der Waals surface area contributed by atoms with E-state index in [4.69, 9.17) is 25.2 Å². The fourth-order valence-electron chi connectivity index (χ4n) is 3.65. The van der Waals surface area contributed by atoms with E-state index in [1.165, 1.54) is 6.07 Å². The van der Waals surface area contributed by atoms with Crippen molar-refractivity contribution in [3.05, 3.63) is 66.8 Å². The van der Waals surface area contributed by atoms with Gasteiger partial charge in [0.2, 0.25) is 0 Å². The van der Waals surface area contributed by atoms with Crippen molar-refractivity contribution in [2.45, 2.75) is 39.7 Å². The molecule has 0 saturated carbocycles. The van der Waals surface area contributed by atoms with Gasteiger partial charge in [-0.05, 0) is 44.1 Å². The second kappa shape index (κ2) is 6.99. The summed E-state index contributed by atoms with van der Waals surface area (Å²) in [4.78, 5) is 25.2. The maximum atomic E-state index is 12.8. The number of benzene rings is 1. The molecule has 4 rings (SSSR count). The van der Waals surface area contributed by atoms with Crippen LogP contribution in [0.5, 0.6) is 5.75 Å². The molecule has 1 aliphatic heterocycles. The second-order valence-corrected chi connectivity index (χ2v) is 7.15. The van der Waals surface area contributed by atoms with Crippen LogP contribution >= 0.6 is 11.6 Å². The lowest BCUT2D eigenvalue weighted by atomic mass is 9.96. The van der Waals surface area contributed by atoms with Gasteiger partial charge in [-0.3, -0.25) is 4.79 Å². The van der Waals surface area contributed by atoms with Crippen LogP contribution in [-0.4, -0.2) is 6.10 Å². The maximum Gasteiger partial charge on any atom is 0.355 e. The Morgan fingerprint density at radius 3 is 2.68 bits per heavy atom. The predicted molar refractivity (Wildman–Crippen MR) is 111 cm³/mol. The first-order chi connectivity index (χ1) is 13.5. The maximum absolute atomic E-state index is 12.8. The van der Waals surface area contributed by atoms with E-state index in [9.17, 15) is 9.59 Å². The lowest BCUT2D eigenvalue weighted by Gasteiger charge is -2.23. The van der Waals surface area contributed by atoms with Gasteiger partial charge < -0.3 is 13.6 Å². The zero-order chi connectivity index (χ0) is 20.0. The molecule has 2 aromatic heterocycles. The number of ether oxygens (including phenoxy) is 1. The van der Waals surface area contributed by atoms with Crippen LogP contribution in [-0.2, 0) is 6.42 Å². The molecule has 1 aliphatic rings. The Bertz CT molecular complexity index is 1280. The molecule has 0 spiro atoms. The highest BCUT2D eigenvalue weighted by atomic mass is 35.5. The number of fused-ring (bicyclic) bond motifs is 6. The molecule has 3 heterocycles. The first-order valence-electron chi connectivity index (χ1n) is 9.19. The van der Waals surface area contributed by atoms with Crippen LogP contribution in [0.25, 0.3) is 28.0 Å². The molecule has 28 heavy (non-hydrogen) atoms. The van der Waals surface area contributed by atoms with E-state index in [0.29, 0.717) is 40.0 Å². The van der Waals surface area contributed by atoms with Crippen LogP contribution in [0.15, 0.2) is 42.7 Å². The van der Waals surface area contributed by atoms with Crippen molar-refractivity contribution in [1.29, 1.82) is 0 Å². The minimum Gasteiger partial charge on any atom is -0.481 e. The van der Waals surface area contributed by atoms with Gasteiger partial charge in [0.05, 0.1) is 10.9 Å². The van der Waals surface area contributed by atoms with Crippen molar-refractivity contribution in [1.82, 2.24) is 0 Å². The molecule has 0 radical (unpaired) electrons. The van der Waals surface area contributed by atoms with Crippen LogP contribution in [0.2, 0.25) is 5.02 Å². The summed E-state index contributed by atoms with van der Waals surface area (Å²) < 4.78 is 17.6. The number of rotatable bonds is 3. The highest BCUT2D eigenvalue weighted by Gasteiger charge is 2.27. The molecule has 3 aromatic rings. The first kappa shape index (κ1) is 18.6. The lowest BCUT2D eigenvalue weighted by molar-refractivity contribution is 0.295. The fourth-order valence-corrected chi connectivity index (χ4v) is 3.87. The van der Waals surface area contributed by atoms with Gasteiger partial charge in [0.1, 0.15) is 28.0 Å². The third kappa shape index (κ3) is 2.78. The molecule has 1 aromatic carbocycles. The third-order valence-electron chi connectivity index (χ3n) is 4.77. The molecular weight excluding hydrogens is 380 g/mol. The molecule has 1 atom stereocenters. The van der Waals surface area contributed by atoms with E-state index < -0.39 is 5.63 Å². The Morgan fingerprint density at radius 2 is 1.96 bits per heavy atom. The summed E-state index contributed by atoms with van der Waals surface area (Å²) in [6, 6.07) is 1.39. The normalized spacial score (nSPS) is 16.1. The number of allylic oxidation sites excluding steroid dienone is 1. The third-order valence-corrected chi connectivity index (χ3v) is 5.15. The molecule has 6 heteroatoms.